The second kappa shape index (κ2) is 8.41. The third-order valence-corrected chi connectivity index (χ3v) is 4.52. The first-order chi connectivity index (χ1) is 13.1. The van der Waals surface area contributed by atoms with Crippen LogP contribution in [0, 0.1) is 13.8 Å². The minimum Gasteiger partial charge on any atom is -0.497 e. The number of methoxy groups -OCH3 is 1. The largest absolute Gasteiger partial charge is 0.497 e. The Morgan fingerprint density at radius 1 is 0.852 bits per heavy atom. The Morgan fingerprint density at radius 2 is 1.52 bits per heavy atom. The van der Waals surface area contributed by atoms with E-state index < -0.39 is 6.10 Å². The number of nitrogens with one attached hydrogen (secondary N) is 1. The third-order valence-electron chi connectivity index (χ3n) is 4.52. The number of rotatable bonds is 6. The lowest BCUT2D eigenvalue weighted by Gasteiger charge is -2.20. The van der Waals surface area contributed by atoms with Gasteiger partial charge in [-0.1, -0.05) is 42.5 Å². The molecule has 0 aliphatic carbocycles. The molecule has 27 heavy (non-hydrogen) atoms. The fourth-order valence-electron chi connectivity index (χ4n) is 2.78. The van der Waals surface area contributed by atoms with Gasteiger partial charge in [-0.3, -0.25) is 4.79 Å². The van der Waals surface area contributed by atoms with Crippen molar-refractivity contribution in [1.82, 2.24) is 0 Å². The molecule has 0 fully saturated rings. The molecule has 0 spiro atoms. The Kier molecular flexibility index (Phi) is 5.77. The zero-order valence-corrected chi connectivity index (χ0v) is 15.7. The van der Waals surface area contributed by atoms with Gasteiger partial charge in [-0.25, -0.2) is 0 Å². The van der Waals surface area contributed by atoms with Gasteiger partial charge >= 0.3 is 0 Å². The standard InChI is InChI=1S/C23H23NO3/c1-16-8-7-11-21(17(16)2)24-23(25)22(18-9-5-4-6-10-18)27-20-14-12-19(26-3)13-15-20/h4-15,22H,1-3H3,(H,24,25)/t22-/m1/s1. The molecule has 0 aromatic heterocycles. The zero-order chi connectivity index (χ0) is 19.2. The van der Waals surface area contributed by atoms with Crippen molar-refractivity contribution in [3.8, 4) is 11.5 Å². The summed E-state index contributed by atoms with van der Waals surface area (Å²) in [5.74, 6) is 1.12. The fraction of sp³-hybridized carbons (Fsp3) is 0.174. The van der Waals surface area contributed by atoms with Gasteiger partial charge in [-0.05, 0) is 55.3 Å². The molecule has 4 nitrogen and oxygen atoms in total. The first-order valence-corrected chi connectivity index (χ1v) is 8.81. The van der Waals surface area contributed by atoms with Crippen molar-refractivity contribution in [2.24, 2.45) is 0 Å². The molecule has 4 heteroatoms. The highest BCUT2D eigenvalue weighted by Crippen LogP contribution is 2.26. The van der Waals surface area contributed by atoms with Crippen molar-refractivity contribution in [2.75, 3.05) is 12.4 Å². The smallest absolute Gasteiger partial charge is 0.270 e. The fourth-order valence-corrected chi connectivity index (χ4v) is 2.78. The van der Waals surface area contributed by atoms with Gasteiger partial charge < -0.3 is 14.8 Å². The van der Waals surface area contributed by atoms with Crippen LogP contribution in [0.25, 0.3) is 0 Å². The van der Waals surface area contributed by atoms with Crippen LogP contribution in [0.4, 0.5) is 5.69 Å². The molecule has 0 bridgehead atoms. The van der Waals surface area contributed by atoms with Gasteiger partial charge in [-0.15, -0.1) is 0 Å². The van der Waals surface area contributed by atoms with Gasteiger partial charge in [-0.2, -0.15) is 0 Å². The molecular weight excluding hydrogens is 338 g/mol. The van der Waals surface area contributed by atoms with Gasteiger partial charge in [0.1, 0.15) is 11.5 Å². The number of anilines is 1. The number of benzene rings is 3. The van der Waals surface area contributed by atoms with Gasteiger partial charge in [0.25, 0.3) is 5.91 Å². The van der Waals surface area contributed by atoms with Crippen LogP contribution in [0.5, 0.6) is 11.5 Å². The van der Waals surface area contributed by atoms with Gasteiger partial charge in [0.2, 0.25) is 6.10 Å². The van der Waals surface area contributed by atoms with Crippen LogP contribution in [0.15, 0.2) is 72.8 Å². The molecule has 3 rings (SSSR count). The number of ether oxygens (including phenoxy) is 2. The zero-order valence-electron chi connectivity index (χ0n) is 15.7. The van der Waals surface area contributed by atoms with Crippen LogP contribution >= 0.6 is 0 Å². The van der Waals surface area contributed by atoms with Crippen molar-refractivity contribution in [3.63, 3.8) is 0 Å². The van der Waals surface area contributed by atoms with E-state index in [0.29, 0.717) is 5.75 Å². The summed E-state index contributed by atoms with van der Waals surface area (Å²) in [4.78, 5) is 13.0. The quantitative estimate of drug-likeness (QED) is 0.667. The predicted molar refractivity (Wildman–Crippen MR) is 107 cm³/mol. The first-order valence-electron chi connectivity index (χ1n) is 8.81. The van der Waals surface area contributed by atoms with E-state index in [-0.39, 0.29) is 5.91 Å². The molecule has 0 aliphatic rings. The Labute approximate surface area is 159 Å². The lowest BCUT2D eigenvalue weighted by Crippen LogP contribution is -2.26. The number of amides is 1. The second-order valence-electron chi connectivity index (χ2n) is 6.32. The van der Waals surface area contributed by atoms with E-state index >= 15 is 0 Å². The Morgan fingerprint density at radius 3 is 2.19 bits per heavy atom. The normalized spacial score (nSPS) is 11.5. The highest BCUT2D eigenvalue weighted by molar-refractivity contribution is 5.95. The van der Waals surface area contributed by atoms with E-state index in [0.717, 1.165) is 28.1 Å². The molecule has 1 amide bonds. The molecule has 0 saturated heterocycles. The van der Waals surface area contributed by atoms with Gasteiger partial charge in [0, 0.05) is 11.3 Å². The molecule has 3 aromatic rings. The monoisotopic (exact) mass is 361 g/mol. The highest BCUT2D eigenvalue weighted by Gasteiger charge is 2.23. The van der Waals surface area contributed by atoms with Crippen molar-refractivity contribution in [2.45, 2.75) is 20.0 Å². The minimum atomic E-state index is -0.764. The maximum atomic E-state index is 13.0. The molecule has 138 valence electrons. The lowest BCUT2D eigenvalue weighted by atomic mass is 10.1. The summed E-state index contributed by atoms with van der Waals surface area (Å²) in [5, 5.41) is 3.00. The van der Waals surface area contributed by atoms with Crippen LogP contribution in [-0.4, -0.2) is 13.0 Å². The van der Waals surface area contributed by atoms with E-state index in [4.69, 9.17) is 9.47 Å². The summed E-state index contributed by atoms with van der Waals surface area (Å²) < 4.78 is 11.2. The van der Waals surface area contributed by atoms with Crippen molar-refractivity contribution in [1.29, 1.82) is 0 Å². The highest BCUT2D eigenvalue weighted by atomic mass is 16.5. The maximum absolute atomic E-state index is 13.0. The number of hydrogen-bond donors (Lipinski definition) is 1. The van der Waals surface area contributed by atoms with Gasteiger partial charge in [0.15, 0.2) is 0 Å². The number of hydrogen-bond acceptors (Lipinski definition) is 3. The molecule has 0 heterocycles. The molecule has 0 radical (unpaired) electrons. The summed E-state index contributed by atoms with van der Waals surface area (Å²) in [6, 6.07) is 22.5. The van der Waals surface area contributed by atoms with Crippen LogP contribution in [-0.2, 0) is 4.79 Å². The summed E-state index contributed by atoms with van der Waals surface area (Å²) >= 11 is 0. The molecule has 0 unspecified atom stereocenters. The molecule has 3 aromatic carbocycles. The Hall–Kier alpha value is -3.27. The molecule has 0 aliphatic heterocycles. The second-order valence-corrected chi connectivity index (χ2v) is 6.32. The van der Waals surface area contributed by atoms with Crippen LogP contribution < -0.4 is 14.8 Å². The average Bonchev–Trinajstić information content (AvgIpc) is 2.70. The van der Waals surface area contributed by atoms with Crippen LogP contribution in [0.3, 0.4) is 0 Å². The van der Waals surface area contributed by atoms with E-state index in [2.05, 4.69) is 5.32 Å². The first kappa shape index (κ1) is 18.5. The SMILES string of the molecule is COc1ccc(O[C@@H](C(=O)Nc2cccc(C)c2C)c2ccccc2)cc1. The number of carbonyl (C=O) groups is 1. The topological polar surface area (TPSA) is 47.6 Å². The van der Waals surface area contributed by atoms with Crippen LogP contribution in [0.1, 0.15) is 22.8 Å². The summed E-state index contributed by atoms with van der Waals surface area (Å²) in [6.07, 6.45) is -0.764. The third kappa shape index (κ3) is 4.47. The van der Waals surface area contributed by atoms with Crippen molar-refractivity contribution in [3.05, 3.63) is 89.5 Å². The van der Waals surface area contributed by atoms with Crippen LogP contribution in [0.2, 0.25) is 0 Å². The Bertz CT molecular complexity index is 905. The molecular formula is C23H23NO3. The summed E-state index contributed by atoms with van der Waals surface area (Å²) in [6.45, 7) is 4.01. The number of carbonyl (C=O) groups excluding carboxylic acids is 1. The van der Waals surface area contributed by atoms with E-state index in [1.54, 1.807) is 31.4 Å². The average molecular weight is 361 g/mol. The maximum Gasteiger partial charge on any atom is 0.270 e. The lowest BCUT2D eigenvalue weighted by molar-refractivity contribution is -0.123. The molecule has 1 atom stereocenters. The molecule has 0 saturated carbocycles. The minimum absolute atomic E-state index is 0.217. The Balaban J connectivity index is 1.87. The summed E-state index contributed by atoms with van der Waals surface area (Å²) in [7, 11) is 1.61. The van der Waals surface area contributed by atoms with Crippen molar-refractivity contribution >= 4 is 11.6 Å². The predicted octanol–water partition coefficient (Wildman–Crippen LogP) is 5.07. The molecule has 1 N–H and O–H groups in total. The van der Waals surface area contributed by atoms with E-state index in [1.165, 1.54) is 0 Å². The van der Waals surface area contributed by atoms with Gasteiger partial charge in [0.05, 0.1) is 7.11 Å². The van der Waals surface area contributed by atoms with E-state index in [1.807, 2.05) is 62.4 Å². The van der Waals surface area contributed by atoms with Crippen molar-refractivity contribution < 1.29 is 14.3 Å². The van der Waals surface area contributed by atoms with E-state index in [9.17, 15) is 4.79 Å². The summed E-state index contributed by atoms with van der Waals surface area (Å²) in [5.41, 5.74) is 3.75. The number of aryl methyl sites for hydroxylation is 1.